The highest BCUT2D eigenvalue weighted by atomic mass is 35.5. The molecule has 0 unspecified atom stereocenters. The smallest absolute Gasteiger partial charge is 0.0951 e. The van der Waals surface area contributed by atoms with Crippen molar-refractivity contribution in [1.29, 1.82) is 0 Å². The van der Waals surface area contributed by atoms with Crippen LogP contribution < -0.4 is 0 Å². The van der Waals surface area contributed by atoms with E-state index in [2.05, 4.69) is 34.1 Å². The van der Waals surface area contributed by atoms with Crippen molar-refractivity contribution < 1.29 is 5.11 Å². The van der Waals surface area contributed by atoms with Gasteiger partial charge < -0.3 is 9.67 Å². The maximum Gasteiger partial charge on any atom is 0.0951 e. The maximum absolute atomic E-state index is 10.8. The molecule has 0 bridgehead atoms. The molecule has 0 spiro atoms. The SMILES string of the molecule is Cn1cnc(C(=C2CN(C(c3ccc(Cl)cc3)c3ccc(Cl)cc3)C2)C(C)(C)O)c1. The van der Waals surface area contributed by atoms with E-state index in [-0.39, 0.29) is 6.04 Å². The van der Waals surface area contributed by atoms with Crippen LogP contribution in [0.15, 0.2) is 66.6 Å². The molecular weight excluding hydrogens is 417 g/mol. The zero-order valence-corrected chi connectivity index (χ0v) is 18.8. The van der Waals surface area contributed by atoms with Crippen molar-refractivity contribution in [2.45, 2.75) is 25.5 Å². The van der Waals surface area contributed by atoms with Gasteiger partial charge >= 0.3 is 0 Å². The van der Waals surface area contributed by atoms with Gasteiger partial charge in [0.05, 0.1) is 23.7 Å². The summed E-state index contributed by atoms with van der Waals surface area (Å²) in [7, 11) is 1.94. The highest BCUT2D eigenvalue weighted by Gasteiger charge is 2.36. The van der Waals surface area contributed by atoms with Crippen LogP contribution in [-0.2, 0) is 7.05 Å². The van der Waals surface area contributed by atoms with Crippen LogP contribution in [0.4, 0.5) is 0 Å². The number of halogens is 2. The summed E-state index contributed by atoms with van der Waals surface area (Å²) in [6.45, 7) is 5.16. The summed E-state index contributed by atoms with van der Waals surface area (Å²) in [6, 6.07) is 16.0. The highest BCUT2D eigenvalue weighted by molar-refractivity contribution is 6.30. The fourth-order valence-corrected chi connectivity index (χ4v) is 4.41. The van der Waals surface area contributed by atoms with Crippen molar-refractivity contribution in [1.82, 2.24) is 14.5 Å². The molecule has 1 N–H and O–H groups in total. The van der Waals surface area contributed by atoms with Gasteiger partial charge in [-0.1, -0.05) is 47.5 Å². The first-order chi connectivity index (χ1) is 14.2. The minimum Gasteiger partial charge on any atom is -0.386 e. The fourth-order valence-electron chi connectivity index (χ4n) is 4.16. The van der Waals surface area contributed by atoms with Crippen LogP contribution in [0.1, 0.15) is 36.7 Å². The Bertz CT molecular complexity index is 1010. The molecule has 30 heavy (non-hydrogen) atoms. The van der Waals surface area contributed by atoms with E-state index in [1.54, 1.807) is 6.33 Å². The maximum atomic E-state index is 10.8. The van der Waals surface area contributed by atoms with Crippen LogP contribution in [0.5, 0.6) is 0 Å². The van der Waals surface area contributed by atoms with Gasteiger partial charge in [0.1, 0.15) is 0 Å². The summed E-state index contributed by atoms with van der Waals surface area (Å²) in [6.07, 6.45) is 3.72. The Morgan fingerprint density at radius 3 is 1.87 bits per heavy atom. The molecular formula is C24H25Cl2N3O. The summed E-state index contributed by atoms with van der Waals surface area (Å²) >= 11 is 12.2. The predicted octanol–water partition coefficient (Wildman–Crippen LogP) is 5.36. The topological polar surface area (TPSA) is 41.3 Å². The molecule has 0 amide bonds. The Balaban J connectivity index is 1.69. The van der Waals surface area contributed by atoms with Gasteiger partial charge in [-0.15, -0.1) is 0 Å². The van der Waals surface area contributed by atoms with E-state index in [1.165, 1.54) is 16.7 Å². The molecule has 1 fully saturated rings. The van der Waals surface area contributed by atoms with Gasteiger partial charge in [-0.2, -0.15) is 0 Å². The van der Waals surface area contributed by atoms with Gasteiger partial charge in [0.15, 0.2) is 0 Å². The number of aliphatic hydroxyl groups is 1. The van der Waals surface area contributed by atoms with E-state index in [1.807, 2.05) is 55.9 Å². The number of aryl methyl sites for hydroxylation is 1. The van der Waals surface area contributed by atoms with Crippen LogP contribution in [0, 0.1) is 0 Å². The second-order valence-corrected chi connectivity index (χ2v) is 9.25. The van der Waals surface area contributed by atoms with Crippen LogP contribution >= 0.6 is 23.2 Å². The molecule has 1 aliphatic heterocycles. The van der Waals surface area contributed by atoms with Crippen molar-refractivity contribution >= 4 is 28.8 Å². The lowest BCUT2D eigenvalue weighted by molar-refractivity contribution is 0.136. The number of hydrogen-bond acceptors (Lipinski definition) is 3. The largest absolute Gasteiger partial charge is 0.386 e. The molecule has 4 rings (SSSR count). The lowest BCUT2D eigenvalue weighted by Crippen LogP contribution is -2.45. The van der Waals surface area contributed by atoms with E-state index in [0.717, 1.165) is 34.4 Å². The molecule has 2 heterocycles. The summed E-state index contributed by atoms with van der Waals surface area (Å²) in [4.78, 5) is 6.87. The minimum absolute atomic E-state index is 0.0788. The molecule has 2 aromatic carbocycles. The van der Waals surface area contributed by atoms with Crippen molar-refractivity contribution in [2.75, 3.05) is 13.1 Å². The highest BCUT2D eigenvalue weighted by Crippen LogP contribution is 2.39. The lowest BCUT2D eigenvalue weighted by atomic mass is 9.85. The number of benzene rings is 2. The summed E-state index contributed by atoms with van der Waals surface area (Å²) < 4.78 is 1.91. The summed E-state index contributed by atoms with van der Waals surface area (Å²) in [5.41, 5.74) is 4.31. The third kappa shape index (κ3) is 4.33. The number of imidazole rings is 1. The molecule has 1 aromatic heterocycles. The standard InChI is InChI=1S/C24H25Cl2N3O/c1-24(2,30)22(21-14-28(3)15-27-21)18-12-29(13-18)23(16-4-8-19(25)9-5-16)17-6-10-20(26)11-7-17/h4-11,14-15,23,30H,12-13H2,1-3H3. The second kappa shape index (κ2) is 8.20. The molecule has 1 aliphatic rings. The molecule has 0 saturated carbocycles. The Hall–Kier alpha value is -2.11. The number of nitrogens with zero attached hydrogens (tertiary/aromatic N) is 3. The average molecular weight is 442 g/mol. The molecule has 0 radical (unpaired) electrons. The van der Waals surface area contributed by atoms with Crippen molar-refractivity contribution in [3.8, 4) is 0 Å². The van der Waals surface area contributed by atoms with Gasteiger partial charge in [0.25, 0.3) is 0 Å². The van der Waals surface area contributed by atoms with Gasteiger partial charge in [-0.05, 0) is 54.8 Å². The first-order valence-corrected chi connectivity index (χ1v) is 10.7. The zero-order chi connectivity index (χ0) is 21.5. The van der Waals surface area contributed by atoms with Crippen LogP contribution in [0.25, 0.3) is 5.57 Å². The van der Waals surface area contributed by atoms with Gasteiger partial charge in [0, 0.05) is 42.0 Å². The summed E-state index contributed by atoms with van der Waals surface area (Å²) in [5.74, 6) is 0. The lowest BCUT2D eigenvalue weighted by Gasteiger charge is -2.43. The Morgan fingerprint density at radius 2 is 1.47 bits per heavy atom. The molecule has 156 valence electrons. The third-order valence-electron chi connectivity index (χ3n) is 5.45. The van der Waals surface area contributed by atoms with Crippen LogP contribution in [-0.4, -0.2) is 38.2 Å². The number of aromatic nitrogens is 2. The molecule has 4 nitrogen and oxygen atoms in total. The Labute approximate surface area is 187 Å². The predicted molar refractivity (Wildman–Crippen MR) is 123 cm³/mol. The Kier molecular flexibility index (Phi) is 5.78. The van der Waals surface area contributed by atoms with Gasteiger partial charge in [0.2, 0.25) is 0 Å². The van der Waals surface area contributed by atoms with Crippen molar-refractivity contribution in [3.05, 3.63) is 93.5 Å². The van der Waals surface area contributed by atoms with Crippen LogP contribution in [0.3, 0.4) is 0 Å². The average Bonchev–Trinajstić information content (AvgIpc) is 3.07. The van der Waals surface area contributed by atoms with E-state index >= 15 is 0 Å². The normalized spacial score (nSPS) is 14.8. The first-order valence-electron chi connectivity index (χ1n) is 9.90. The Morgan fingerprint density at radius 1 is 0.967 bits per heavy atom. The van der Waals surface area contributed by atoms with E-state index in [9.17, 15) is 5.11 Å². The molecule has 6 heteroatoms. The second-order valence-electron chi connectivity index (χ2n) is 8.37. The van der Waals surface area contributed by atoms with Gasteiger partial charge in [-0.3, -0.25) is 4.90 Å². The third-order valence-corrected chi connectivity index (χ3v) is 5.95. The molecule has 0 atom stereocenters. The van der Waals surface area contributed by atoms with E-state index in [0.29, 0.717) is 0 Å². The van der Waals surface area contributed by atoms with Crippen LogP contribution in [0.2, 0.25) is 10.0 Å². The first kappa shape index (κ1) is 21.1. The van der Waals surface area contributed by atoms with E-state index < -0.39 is 5.60 Å². The zero-order valence-electron chi connectivity index (χ0n) is 17.3. The quantitative estimate of drug-likeness (QED) is 0.579. The minimum atomic E-state index is -0.966. The summed E-state index contributed by atoms with van der Waals surface area (Å²) in [5, 5.41) is 12.3. The number of likely N-dealkylation sites (tertiary alicyclic amines) is 1. The molecule has 3 aromatic rings. The monoisotopic (exact) mass is 441 g/mol. The number of hydrogen-bond donors (Lipinski definition) is 1. The van der Waals surface area contributed by atoms with Crippen molar-refractivity contribution in [3.63, 3.8) is 0 Å². The van der Waals surface area contributed by atoms with E-state index in [4.69, 9.17) is 23.2 Å². The molecule has 0 aliphatic carbocycles. The fraction of sp³-hybridized carbons (Fsp3) is 0.292. The molecule has 1 saturated heterocycles. The van der Waals surface area contributed by atoms with Gasteiger partial charge in [-0.25, -0.2) is 4.98 Å². The van der Waals surface area contributed by atoms with Crippen molar-refractivity contribution in [2.24, 2.45) is 7.05 Å². The number of rotatable bonds is 5.